The van der Waals surface area contributed by atoms with E-state index in [1.165, 1.54) is 58.4 Å². The first-order chi connectivity index (χ1) is 14.4. The van der Waals surface area contributed by atoms with Crippen LogP contribution in [-0.2, 0) is 23.3 Å². The van der Waals surface area contributed by atoms with Crippen LogP contribution in [0.4, 0.5) is 0 Å². The maximum absolute atomic E-state index is 2.32. The van der Waals surface area contributed by atoms with Gasteiger partial charge in [-0.2, -0.15) is 12.1 Å². The zero-order valence-electron chi connectivity index (χ0n) is 18.8. The third-order valence-electron chi connectivity index (χ3n) is 5.89. The molecule has 0 atom stereocenters. The molecule has 2 heteroatoms. The number of fused-ring (bicyclic) bond motifs is 2. The van der Waals surface area contributed by atoms with Crippen molar-refractivity contribution in [1.29, 1.82) is 0 Å². The first kappa shape index (κ1) is 22.0. The largest absolute Gasteiger partial charge is 0.165 e. The predicted molar refractivity (Wildman–Crippen MR) is 130 cm³/mol. The van der Waals surface area contributed by atoms with E-state index in [0.29, 0.717) is 0 Å². The van der Waals surface area contributed by atoms with Gasteiger partial charge in [-0.05, 0) is 37.5 Å². The van der Waals surface area contributed by atoms with Crippen molar-refractivity contribution in [2.45, 2.75) is 64.5 Å². The SMILES string of the molecule is C[Si](C)=[Zr+2].Cc1cc2c(C3CC3)cccc2[cH-]1.Cc1cc2c(C3CC3)cccc2[cH-]1. The molecule has 0 nitrogen and oxygen atoms in total. The Labute approximate surface area is 196 Å². The van der Waals surface area contributed by atoms with Gasteiger partial charge in [-0.1, -0.05) is 37.1 Å². The second-order valence-electron chi connectivity index (χ2n) is 9.31. The molecule has 0 N–H and O–H groups in total. The quantitative estimate of drug-likeness (QED) is 0.197. The van der Waals surface area contributed by atoms with Crippen molar-refractivity contribution in [3.8, 4) is 0 Å². The summed E-state index contributed by atoms with van der Waals surface area (Å²) in [7, 11) is 0. The zero-order chi connectivity index (χ0) is 21.3. The minimum Gasteiger partial charge on any atom is -0.165 e. The van der Waals surface area contributed by atoms with Crippen LogP contribution in [0.1, 0.15) is 59.8 Å². The summed E-state index contributed by atoms with van der Waals surface area (Å²) in [6, 6.07) is 22.6. The molecule has 0 aromatic heterocycles. The Morgan fingerprint density at radius 3 is 1.43 bits per heavy atom. The summed E-state index contributed by atoms with van der Waals surface area (Å²) in [5, 5.41) is 5.81. The van der Waals surface area contributed by atoms with Gasteiger partial charge in [0.1, 0.15) is 0 Å². The molecule has 2 fully saturated rings. The fourth-order valence-electron chi connectivity index (χ4n) is 4.32. The third-order valence-corrected chi connectivity index (χ3v) is 5.89. The molecule has 0 heterocycles. The number of rotatable bonds is 2. The van der Waals surface area contributed by atoms with Crippen LogP contribution in [0.5, 0.6) is 0 Å². The van der Waals surface area contributed by atoms with Crippen LogP contribution in [0.3, 0.4) is 0 Å². The molecule has 0 bridgehead atoms. The Morgan fingerprint density at radius 1 is 0.733 bits per heavy atom. The summed E-state index contributed by atoms with van der Waals surface area (Å²) in [5.74, 6) is 1.73. The van der Waals surface area contributed by atoms with Gasteiger partial charge >= 0.3 is 41.9 Å². The maximum atomic E-state index is 2.32. The number of hydrogen-bond acceptors (Lipinski definition) is 0. The summed E-state index contributed by atoms with van der Waals surface area (Å²) < 4.78 is 0. The fraction of sp³-hybridized carbons (Fsp3) is 0.357. The summed E-state index contributed by atoms with van der Waals surface area (Å²) in [6.07, 6.45) is 5.57. The monoisotopic (exact) mass is 486 g/mol. The molecule has 0 aliphatic heterocycles. The molecule has 2 aliphatic carbocycles. The summed E-state index contributed by atoms with van der Waals surface area (Å²) in [5.41, 5.74) is 6.14. The van der Waals surface area contributed by atoms with Crippen molar-refractivity contribution in [3.63, 3.8) is 0 Å². The van der Waals surface area contributed by atoms with E-state index >= 15 is 0 Å². The fourth-order valence-corrected chi connectivity index (χ4v) is 4.32. The van der Waals surface area contributed by atoms with E-state index in [4.69, 9.17) is 0 Å². The average molecular weight is 488 g/mol. The van der Waals surface area contributed by atoms with E-state index < -0.39 is 0 Å². The van der Waals surface area contributed by atoms with Crippen molar-refractivity contribution >= 4 is 27.0 Å². The number of hydrogen-bond donors (Lipinski definition) is 0. The zero-order valence-corrected chi connectivity index (χ0v) is 22.2. The van der Waals surface area contributed by atoms with Crippen LogP contribution in [0, 0.1) is 13.8 Å². The van der Waals surface area contributed by atoms with Gasteiger partial charge in [0.05, 0.1) is 0 Å². The Bertz CT molecular complexity index is 1080. The van der Waals surface area contributed by atoms with Crippen molar-refractivity contribution in [1.82, 2.24) is 0 Å². The molecular formula is C28H32SiZr. The topological polar surface area (TPSA) is 0 Å². The van der Waals surface area contributed by atoms with E-state index in [9.17, 15) is 0 Å². The first-order valence-electron chi connectivity index (χ1n) is 11.3. The van der Waals surface area contributed by atoms with E-state index in [2.05, 4.69) is 87.6 Å². The summed E-state index contributed by atoms with van der Waals surface area (Å²) >= 11 is 1.74. The predicted octanol–water partition coefficient (Wildman–Crippen LogP) is 8.27. The second-order valence-corrected chi connectivity index (χ2v) is 18.7. The van der Waals surface area contributed by atoms with Gasteiger partial charge in [-0.3, -0.25) is 0 Å². The van der Waals surface area contributed by atoms with Crippen molar-refractivity contribution in [3.05, 3.63) is 82.9 Å². The molecule has 30 heavy (non-hydrogen) atoms. The minimum atomic E-state index is 0.210. The molecule has 0 amide bonds. The summed E-state index contributed by atoms with van der Waals surface area (Å²) in [6.45, 7) is 8.97. The standard InChI is InChI=1S/2C13H13.C2H6Si.Zr/c2*1-9-7-11-3-2-4-12(10-5-6-10)13(11)8-9;1-3-2;/h2*2-4,7-8,10H,5-6H2,1H3;1-2H3;/q2*-1;;+2. The Morgan fingerprint density at radius 2 is 1.10 bits per heavy atom. The van der Waals surface area contributed by atoms with Crippen LogP contribution in [-0.4, -0.2) is 5.43 Å². The molecule has 0 saturated heterocycles. The van der Waals surface area contributed by atoms with Crippen LogP contribution in [0.25, 0.3) is 21.5 Å². The number of aryl methyl sites for hydroxylation is 2. The first-order valence-corrected chi connectivity index (χ1v) is 17.4. The Balaban J connectivity index is 0.000000124. The van der Waals surface area contributed by atoms with Crippen molar-refractivity contribution in [2.24, 2.45) is 0 Å². The van der Waals surface area contributed by atoms with Gasteiger partial charge in [0, 0.05) is 0 Å². The van der Waals surface area contributed by atoms with Crippen molar-refractivity contribution in [2.75, 3.05) is 0 Å². The smallest absolute Gasteiger partial charge is 0.0251 e. The van der Waals surface area contributed by atoms with Crippen molar-refractivity contribution < 1.29 is 23.3 Å². The minimum absolute atomic E-state index is 0.210. The Kier molecular flexibility index (Phi) is 6.95. The van der Waals surface area contributed by atoms with E-state index in [-0.39, 0.29) is 5.43 Å². The van der Waals surface area contributed by atoms with E-state index in [0.717, 1.165) is 11.8 Å². The van der Waals surface area contributed by atoms with Crippen LogP contribution in [0.15, 0.2) is 60.7 Å². The molecule has 0 unspecified atom stereocenters. The Hall–Kier alpha value is -1.24. The normalized spacial score (nSPS) is 15.4. The van der Waals surface area contributed by atoms with Gasteiger partial charge < -0.3 is 0 Å². The average Bonchev–Trinajstić information content (AvgIpc) is 3.60. The van der Waals surface area contributed by atoms with Crippen LogP contribution < -0.4 is 0 Å². The van der Waals surface area contributed by atoms with Gasteiger partial charge in [-0.25, -0.2) is 0 Å². The maximum Gasteiger partial charge on any atom is -0.0251 e. The summed E-state index contributed by atoms with van der Waals surface area (Å²) in [4.78, 5) is 0. The number of benzene rings is 2. The molecule has 6 rings (SSSR count). The molecular weight excluding hydrogens is 456 g/mol. The molecule has 2 aliphatic rings. The molecule has 0 spiro atoms. The molecule has 152 valence electrons. The van der Waals surface area contributed by atoms with Gasteiger partial charge in [0.25, 0.3) is 0 Å². The van der Waals surface area contributed by atoms with Gasteiger partial charge in [0.15, 0.2) is 0 Å². The molecule has 4 aromatic rings. The third kappa shape index (κ3) is 5.51. The van der Waals surface area contributed by atoms with Crippen LogP contribution in [0.2, 0.25) is 13.1 Å². The van der Waals surface area contributed by atoms with E-state index in [1.54, 1.807) is 34.5 Å². The van der Waals surface area contributed by atoms with Crippen LogP contribution >= 0.6 is 0 Å². The molecule has 2 saturated carbocycles. The molecule has 4 aromatic carbocycles. The van der Waals surface area contributed by atoms with Gasteiger partial charge in [0.2, 0.25) is 0 Å². The van der Waals surface area contributed by atoms with E-state index in [1.807, 2.05) is 0 Å². The second kappa shape index (κ2) is 9.49. The molecule has 0 radical (unpaired) electrons. The van der Waals surface area contributed by atoms with Gasteiger partial charge in [-0.15, -0.1) is 69.1 Å².